The van der Waals surface area contributed by atoms with Crippen LogP contribution in [0.3, 0.4) is 0 Å². The molecule has 0 N–H and O–H groups in total. The maximum atomic E-state index is 13.9. The van der Waals surface area contributed by atoms with Gasteiger partial charge in [-0.25, -0.2) is 0 Å². The highest BCUT2D eigenvalue weighted by molar-refractivity contribution is 6.18. The van der Waals surface area contributed by atoms with Crippen molar-refractivity contribution in [3.8, 4) is 11.5 Å². The van der Waals surface area contributed by atoms with Gasteiger partial charge in [0.1, 0.15) is 6.17 Å². The van der Waals surface area contributed by atoms with Crippen LogP contribution in [0.15, 0.2) is 36.4 Å². The van der Waals surface area contributed by atoms with Crippen molar-refractivity contribution in [2.45, 2.75) is 76.4 Å². The summed E-state index contributed by atoms with van der Waals surface area (Å²) in [6, 6.07) is 11.6. The highest BCUT2D eigenvalue weighted by atomic mass is 16.5. The van der Waals surface area contributed by atoms with E-state index in [0.717, 1.165) is 44.3 Å². The summed E-state index contributed by atoms with van der Waals surface area (Å²) < 4.78 is 16.4. The van der Waals surface area contributed by atoms with Gasteiger partial charge in [-0.05, 0) is 82.2 Å². The SMILES string of the molecule is COCCCN(C[C@@H]1CCCN2CCCC[C@H]12)C(=O)CCCCCN1C(=O)c2ccccc2N2C(=O)c3c(ccc(OC)c3OC)[C@H]12. The first kappa shape index (κ1) is 33.3. The van der Waals surface area contributed by atoms with Gasteiger partial charge >= 0.3 is 0 Å². The molecule has 10 nitrogen and oxygen atoms in total. The molecule has 3 atom stereocenters. The van der Waals surface area contributed by atoms with Crippen LogP contribution < -0.4 is 14.4 Å². The van der Waals surface area contributed by atoms with Crippen LogP contribution >= 0.6 is 0 Å². The Hall–Kier alpha value is -3.63. The third kappa shape index (κ3) is 6.59. The van der Waals surface area contributed by atoms with Crippen LogP contribution in [0.2, 0.25) is 0 Å². The van der Waals surface area contributed by atoms with E-state index in [9.17, 15) is 14.4 Å². The monoisotopic (exact) mass is 646 g/mol. The van der Waals surface area contributed by atoms with Crippen LogP contribution in [-0.2, 0) is 9.53 Å². The van der Waals surface area contributed by atoms with Crippen LogP contribution in [0, 0.1) is 5.92 Å². The number of anilines is 1. The van der Waals surface area contributed by atoms with Crippen molar-refractivity contribution in [2.75, 3.05) is 65.6 Å². The number of hydrogen-bond acceptors (Lipinski definition) is 7. The lowest BCUT2D eigenvalue weighted by atomic mass is 9.83. The van der Waals surface area contributed by atoms with Gasteiger partial charge in [-0.1, -0.05) is 31.0 Å². The summed E-state index contributed by atoms with van der Waals surface area (Å²) in [6.45, 7) is 5.09. The topological polar surface area (TPSA) is 91.9 Å². The fourth-order valence-electron chi connectivity index (χ4n) is 8.34. The van der Waals surface area contributed by atoms with Crippen molar-refractivity contribution in [3.05, 3.63) is 53.1 Å². The molecule has 47 heavy (non-hydrogen) atoms. The molecule has 4 aliphatic heterocycles. The Kier molecular flexibility index (Phi) is 10.7. The number of piperidine rings is 2. The summed E-state index contributed by atoms with van der Waals surface area (Å²) >= 11 is 0. The quantitative estimate of drug-likeness (QED) is 0.250. The van der Waals surface area contributed by atoms with Gasteiger partial charge < -0.3 is 28.9 Å². The molecule has 3 amide bonds. The Morgan fingerprint density at radius 2 is 1.72 bits per heavy atom. The second kappa shape index (κ2) is 15.1. The van der Waals surface area contributed by atoms with Gasteiger partial charge in [-0.15, -0.1) is 0 Å². The number of benzene rings is 2. The standard InChI is InChI=1S/C37H50N4O6/c1-45-24-12-22-39(25-26-13-11-21-38-20-10-8-15-29(26)38)32(42)17-5-4-9-23-40-35-28-18-19-31(46-2)34(47-3)33(28)37(44)41(35)30-16-7-6-14-27(30)36(40)43/h6-7,14,16,18-19,26,29,35H,4-5,8-13,15,17,20-25H2,1-3H3/t26-,29+,35+/m0/s1. The molecule has 4 heterocycles. The number of unbranched alkanes of at least 4 members (excludes halogenated alkanes) is 2. The predicted molar refractivity (Wildman–Crippen MR) is 180 cm³/mol. The summed E-state index contributed by atoms with van der Waals surface area (Å²) in [5, 5.41) is 0. The molecule has 10 heteroatoms. The zero-order valence-corrected chi connectivity index (χ0v) is 28.2. The van der Waals surface area contributed by atoms with Crippen LogP contribution in [-0.4, -0.2) is 99.1 Å². The lowest BCUT2D eigenvalue weighted by Gasteiger charge is -2.45. The number of fused-ring (bicyclic) bond motifs is 6. The van der Waals surface area contributed by atoms with E-state index in [0.29, 0.717) is 59.8 Å². The highest BCUT2D eigenvalue weighted by Gasteiger charge is 2.49. The minimum absolute atomic E-state index is 0.0954. The van der Waals surface area contributed by atoms with Crippen LogP contribution in [0.4, 0.5) is 5.69 Å². The van der Waals surface area contributed by atoms with Crippen molar-refractivity contribution in [1.29, 1.82) is 0 Å². The fourth-order valence-corrected chi connectivity index (χ4v) is 8.34. The Labute approximate surface area is 278 Å². The average molecular weight is 647 g/mol. The number of amides is 3. The minimum Gasteiger partial charge on any atom is -0.493 e. The van der Waals surface area contributed by atoms with Crippen molar-refractivity contribution in [1.82, 2.24) is 14.7 Å². The molecule has 2 aromatic rings. The number of methoxy groups -OCH3 is 3. The molecule has 0 aromatic heterocycles. The molecule has 4 aliphatic rings. The lowest BCUT2D eigenvalue weighted by Crippen LogP contribution is -2.51. The molecule has 2 saturated heterocycles. The number of nitrogens with zero attached hydrogens (tertiary/aromatic N) is 4. The third-order valence-corrected chi connectivity index (χ3v) is 10.6. The second-order valence-electron chi connectivity index (χ2n) is 13.3. The van der Waals surface area contributed by atoms with Gasteiger partial charge in [0.2, 0.25) is 5.91 Å². The van der Waals surface area contributed by atoms with E-state index in [1.54, 1.807) is 36.2 Å². The molecule has 0 aliphatic carbocycles. The van der Waals surface area contributed by atoms with Gasteiger partial charge in [0.15, 0.2) is 11.5 Å². The van der Waals surface area contributed by atoms with E-state index in [4.69, 9.17) is 14.2 Å². The molecule has 2 fully saturated rings. The van der Waals surface area contributed by atoms with Gasteiger partial charge in [0.25, 0.3) is 11.8 Å². The smallest absolute Gasteiger partial charge is 0.264 e. The first-order valence-corrected chi connectivity index (χ1v) is 17.5. The average Bonchev–Trinajstić information content (AvgIpc) is 3.40. The third-order valence-electron chi connectivity index (χ3n) is 10.6. The van der Waals surface area contributed by atoms with E-state index in [-0.39, 0.29) is 17.7 Å². The zero-order chi connectivity index (χ0) is 32.9. The fraction of sp³-hybridized carbons (Fsp3) is 0.595. The number of rotatable bonds is 14. The van der Waals surface area contributed by atoms with Gasteiger partial charge in [0.05, 0.1) is 31.0 Å². The summed E-state index contributed by atoms with van der Waals surface area (Å²) in [5.74, 6) is 1.32. The van der Waals surface area contributed by atoms with E-state index in [1.807, 2.05) is 24.3 Å². The first-order valence-electron chi connectivity index (χ1n) is 17.5. The number of hydrogen-bond donors (Lipinski definition) is 0. The van der Waals surface area contributed by atoms with Crippen LogP contribution in [0.5, 0.6) is 11.5 Å². The first-order chi connectivity index (χ1) is 23.0. The molecule has 0 bridgehead atoms. The summed E-state index contributed by atoms with van der Waals surface area (Å²) in [5.41, 5.74) is 2.28. The van der Waals surface area contributed by atoms with E-state index in [1.165, 1.54) is 52.3 Å². The Morgan fingerprint density at radius 3 is 2.53 bits per heavy atom. The summed E-state index contributed by atoms with van der Waals surface area (Å²) in [4.78, 5) is 49.7. The zero-order valence-electron chi connectivity index (χ0n) is 28.2. The minimum atomic E-state index is -0.563. The van der Waals surface area contributed by atoms with Crippen LogP contribution in [0.25, 0.3) is 0 Å². The highest BCUT2D eigenvalue weighted by Crippen LogP contribution is 2.49. The summed E-state index contributed by atoms with van der Waals surface area (Å²) in [6.07, 6.45) is 9.32. The molecular formula is C37H50N4O6. The summed E-state index contributed by atoms with van der Waals surface area (Å²) in [7, 11) is 4.79. The van der Waals surface area contributed by atoms with Crippen LogP contribution in [0.1, 0.15) is 96.7 Å². The Balaban J connectivity index is 1.11. The molecule has 0 spiro atoms. The predicted octanol–water partition coefficient (Wildman–Crippen LogP) is 5.51. The van der Waals surface area contributed by atoms with Gasteiger partial charge in [0, 0.05) is 51.4 Å². The Bertz CT molecular complexity index is 1450. The maximum Gasteiger partial charge on any atom is 0.264 e. The van der Waals surface area contributed by atoms with Crippen molar-refractivity contribution >= 4 is 23.4 Å². The number of carbonyl (C=O) groups is 3. The molecule has 0 radical (unpaired) electrons. The van der Waals surface area contributed by atoms with E-state index in [2.05, 4.69) is 9.80 Å². The van der Waals surface area contributed by atoms with Crippen molar-refractivity contribution < 1.29 is 28.6 Å². The molecule has 2 aromatic carbocycles. The van der Waals surface area contributed by atoms with Crippen molar-refractivity contribution in [2.24, 2.45) is 5.92 Å². The number of ether oxygens (including phenoxy) is 3. The Morgan fingerprint density at radius 1 is 0.894 bits per heavy atom. The molecule has 6 rings (SSSR count). The molecule has 254 valence electrons. The van der Waals surface area contributed by atoms with E-state index >= 15 is 0 Å². The molecule has 0 unspecified atom stereocenters. The lowest BCUT2D eigenvalue weighted by molar-refractivity contribution is -0.133. The number of para-hydroxylation sites is 1. The normalized spacial score (nSPS) is 22.0. The van der Waals surface area contributed by atoms with Gasteiger partial charge in [-0.3, -0.25) is 19.3 Å². The maximum absolute atomic E-state index is 13.9. The van der Waals surface area contributed by atoms with E-state index < -0.39 is 6.17 Å². The molecule has 0 saturated carbocycles. The van der Waals surface area contributed by atoms with Crippen molar-refractivity contribution in [3.63, 3.8) is 0 Å². The molecular weight excluding hydrogens is 596 g/mol. The largest absolute Gasteiger partial charge is 0.493 e. The number of carbonyl (C=O) groups excluding carboxylic acids is 3. The van der Waals surface area contributed by atoms with Gasteiger partial charge in [-0.2, -0.15) is 0 Å². The second-order valence-corrected chi connectivity index (χ2v) is 13.3.